The number of benzene rings is 1. The minimum Gasteiger partial charge on any atom is -0.317 e. The summed E-state index contributed by atoms with van der Waals surface area (Å²) in [7, 11) is 0. The Kier molecular flexibility index (Phi) is 5.59. The van der Waals surface area contributed by atoms with Gasteiger partial charge in [-0.3, -0.25) is 0 Å². The summed E-state index contributed by atoms with van der Waals surface area (Å²) in [5.74, 6) is -0.525. The third-order valence-electron chi connectivity index (χ3n) is 2.83. The number of halogens is 3. The van der Waals surface area contributed by atoms with Crippen LogP contribution in [0.25, 0.3) is 6.08 Å². The van der Waals surface area contributed by atoms with Crippen LogP contribution in [-0.4, -0.2) is 13.1 Å². The summed E-state index contributed by atoms with van der Waals surface area (Å²) in [6, 6.07) is 3.59. The van der Waals surface area contributed by atoms with Gasteiger partial charge in [-0.25, -0.2) is 8.78 Å². The van der Waals surface area contributed by atoms with E-state index in [9.17, 15) is 8.78 Å². The Balaban J connectivity index is 0.00000144. The van der Waals surface area contributed by atoms with Crippen molar-refractivity contribution in [3.63, 3.8) is 0 Å². The fraction of sp³-hybridized carbons (Fsp3) is 0.385. The van der Waals surface area contributed by atoms with Crippen molar-refractivity contribution in [2.45, 2.75) is 12.8 Å². The predicted octanol–water partition coefficient (Wildman–Crippen LogP) is 3.40. The standard InChI is InChI=1S/C13H15F2N.ClH/c14-12-7-11(8-13(15)9-12)2-1-10-3-5-16-6-4-10;/h1-2,7-10,16H,3-6H2;1H/b2-1+;. The number of rotatable bonds is 2. The molecule has 0 amide bonds. The number of nitrogens with one attached hydrogen (secondary N) is 1. The molecule has 2 rings (SSSR count). The first-order valence-electron chi connectivity index (χ1n) is 5.59. The van der Waals surface area contributed by atoms with Crippen molar-refractivity contribution in [3.05, 3.63) is 41.5 Å². The molecule has 0 radical (unpaired) electrons. The number of hydrogen-bond acceptors (Lipinski definition) is 1. The first kappa shape index (κ1) is 14.1. The van der Waals surface area contributed by atoms with Gasteiger partial charge < -0.3 is 5.32 Å². The lowest BCUT2D eigenvalue weighted by Crippen LogP contribution is -2.26. The van der Waals surface area contributed by atoms with Crippen LogP contribution >= 0.6 is 12.4 Å². The molecule has 0 saturated carbocycles. The maximum Gasteiger partial charge on any atom is 0.126 e. The highest BCUT2D eigenvalue weighted by Crippen LogP contribution is 2.16. The first-order chi connectivity index (χ1) is 7.74. The molecule has 1 aromatic rings. The van der Waals surface area contributed by atoms with Crippen LogP contribution in [0.15, 0.2) is 24.3 Å². The normalized spacial score (nSPS) is 17.1. The molecule has 1 N–H and O–H groups in total. The van der Waals surface area contributed by atoms with E-state index in [0.29, 0.717) is 11.5 Å². The molecule has 94 valence electrons. The predicted molar refractivity (Wildman–Crippen MR) is 68.2 cm³/mol. The van der Waals surface area contributed by atoms with Crippen molar-refractivity contribution < 1.29 is 8.78 Å². The molecular weight excluding hydrogens is 244 g/mol. The minimum atomic E-state index is -0.523. The second-order valence-electron chi connectivity index (χ2n) is 4.15. The Hall–Kier alpha value is -0.930. The van der Waals surface area contributed by atoms with Crippen LogP contribution in [0.5, 0.6) is 0 Å². The van der Waals surface area contributed by atoms with E-state index in [0.717, 1.165) is 32.0 Å². The number of hydrogen-bond donors (Lipinski definition) is 1. The van der Waals surface area contributed by atoms with Crippen LogP contribution in [0, 0.1) is 17.6 Å². The van der Waals surface area contributed by atoms with Gasteiger partial charge in [-0.2, -0.15) is 0 Å². The monoisotopic (exact) mass is 259 g/mol. The second kappa shape index (κ2) is 6.72. The van der Waals surface area contributed by atoms with Crippen LogP contribution in [0.1, 0.15) is 18.4 Å². The molecule has 1 heterocycles. The fourth-order valence-electron chi connectivity index (χ4n) is 1.96. The topological polar surface area (TPSA) is 12.0 Å². The molecule has 0 aliphatic carbocycles. The molecule has 1 aromatic carbocycles. The zero-order valence-electron chi connectivity index (χ0n) is 9.46. The highest BCUT2D eigenvalue weighted by molar-refractivity contribution is 5.85. The van der Waals surface area contributed by atoms with Crippen molar-refractivity contribution in [3.8, 4) is 0 Å². The molecule has 1 saturated heterocycles. The van der Waals surface area contributed by atoms with Crippen molar-refractivity contribution in [2.75, 3.05) is 13.1 Å². The Bertz CT molecular complexity index is 367. The maximum absolute atomic E-state index is 12.9. The Morgan fingerprint density at radius 3 is 2.24 bits per heavy atom. The summed E-state index contributed by atoms with van der Waals surface area (Å²) in [5.41, 5.74) is 0.594. The number of piperidine rings is 1. The van der Waals surface area contributed by atoms with Gasteiger partial charge in [0.2, 0.25) is 0 Å². The van der Waals surface area contributed by atoms with Crippen molar-refractivity contribution in [1.82, 2.24) is 5.32 Å². The van der Waals surface area contributed by atoms with E-state index in [1.807, 2.05) is 6.08 Å². The molecule has 1 nitrogen and oxygen atoms in total. The molecule has 0 atom stereocenters. The van der Waals surface area contributed by atoms with E-state index in [1.54, 1.807) is 0 Å². The molecule has 0 spiro atoms. The van der Waals surface area contributed by atoms with Crippen LogP contribution in [0.2, 0.25) is 0 Å². The van der Waals surface area contributed by atoms with E-state index < -0.39 is 11.6 Å². The average Bonchev–Trinajstić information content (AvgIpc) is 2.27. The van der Waals surface area contributed by atoms with E-state index in [-0.39, 0.29) is 12.4 Å². The smallest absolute Gasteiger partial charge is 0.126 e. The first-order valence-corrected chi connectivity index (χ1v) is 5.59. The zero-order valence-corrected chi connectivity index (χ0v) is 10.3. The molecule has 0 unspecified atom stereocenters. The summed E-state index contributed by atoms with van der Waals surface area (Å²) in [6.45, 7) is 2.04. The Morgan fingerprint density at radius 1 is 1.06 bits per heavy atom. The van der Waals surface area contributed by atoms with Gasteiger partial charge in [0, 0.05) is 6.07 Å². The zero-order chi connectivity index (χ0) is 11.4. The highest BCUT2D eigenvalue weighted by atomic mass is 35.5. The largest absolute Gasteiger partial charge is 0.317 e. The summed E-state index contributed by atoms with van der Waals surface area (Å²) < 4.78 is 25.8. The summed E-state index contributed by atoms with van der Waals surface area (Å²) in [4.78, 5) is 0. The summed E-state index contributed by atoms with van der Waals surface area (Å²) in [6.07, 6.45) is 6.04. The molecule has 0 aromatic heterocycles. The van der Waals surface area contributed by atoms with E-state index in [1.165, 1.54) is 12.1 Å². The van der Waals surface area contributed by atoms with Crippen LogP contribution < -0.4 is 5.32 Å². The quantitative estimate of drug-likeness (QED) is 0.858. The van der Waals surface area contributed by atoms with Crippen LogP contribution in [-0.2, 0) is 0 Å². The third kappa shape index (κ3) is 4.44. The van der Waals surface area contributed by atoms with Gasteiger partial charge in [0.1, 0.15) is 11.6 Å². The van der Waals surface area contributed by atoms with Crippen molar-refractivity contribution in [2.24, 2.45) is 5.92 Å². The molecule has 1 aliphatic rings. The average molecular weight is 260 g/mol. The third-order valence-corrected chi connectivity index (χ3v) is 2.83. The lowest BCUT2D eigenvalue weighted by Gasteiger charge is -2.19. The van der Waals surface area contributed by atoms with E-state index >= 15 is 0 Å². The van der Waals surface area contributed by atoms with E-state index in [2.05, 4.69) is 11.4 Å². The minimum absolute atomic E-state index is 0. The lowest BCUT2D eigenvalue weighted by molar-refractivity contribution is 0.438. The highest BCUT2D eigenvalue weighted by Gasteiger charge is 2.09. The summed E-state index contributed by atoms with van der Waals surface area (Å²) in [5, 5.41) is 3.28. The molecular formula is C13H16ClF2N. The summed E-state index contributed by atoms with van der Waals surface area (Å²) >= 11 is 0. The van der Waals surface area contributed by atoms with Gasteiger partial charge in [0.25, 0.3) is 0 Å². The van der Waals surface area contributed by atoms with Crippen molar-refractivity contribution >= 4 is 18.5 Å². The lowest BCUT2D eigenvalue weighted by atomic mass is 9.97. The van der Waals surface area contributed by atoms with Crippen LogP contribution in [0.3, 0.4) is 0 Å². The van der Waals surface area contributed by atoms with Gasteiger partial charge in [-0.05, 0) is 49.5 Å². The van der Waals surface area contributed by atoms with Gasteiger partial charge in [-0.1, -0.05) is 12.2 Å². The molecule has 0 bridgehead atoms. The van der Waals surface area contributed by atoms with Gasteiger partial charge in [-0.15, -0.1) is 12.4 Å². The van der Waals surface area contributed by atoms with Crippen LogP contribution in [0.4, 0.5) is 8.78 Å². The second-order valence-corrected chi connectivity index (χ2v) is 4.15. The molecule has 17 heavy (non-hydrogen) atoms. The molecule has 1 fully saturated rings. The Labute approximate surface area is 106 Å². The van der Waals surface area contributed by atoms with Crippen molar-refractivity contribution in [1.29, 1.82) is 0 Å². The number of allylic oxidation sites excluding steroid dienone is 1. The van der Waals surface area contributed by atoms with Gasteiger partial charge >= 0.3 is 0 Å². The fourth-order valence-corrected chi connectivity index (χ4v) is 1.96. The maximum atomic E-state index is 12.9. The van der Waals surface area contributed by atoms with E-state index in [4.69, 9.17) is 0 Å². The Morgan fingerprint density at radius 2 is 1.65 bits per heavy atom. The molecule has 1 aliphatic heterocycles. The molecule has 4 heteroatoms. The SMILES string of the molecule is Cl.Fc1cc(F)cc(/C=C/C2CCNCC2)c1. The van der Waals surface area contributed by atoms with Gasteiger partial charge in [0.15, 0.2) is 0 Å². The van der Waals surface area contributed by atoms with Gasteiger partial charge in [0.05, 0.1) is 0 Å².